The van der Waals surface area contributed by atoms with E-state index in [2.05, 4.69) is 10.4 Å². The monoisotopic (exact) mass is 375 g/mol. The molecule has 1 atom stereocenters. The Morgan fingerprint density at radius 1 is 1.33 bits per heavy atom. The zero-order valence-electron chi connectivity index (χ0n) is 15.3. The second kappa shape index (κ2) is 7.48. The van der Waals surface area contributed by atoms with Crippen LogP contribution in [0.15, 0.2) is 24.3 Å². The third-order valence-corrected chi connectivity index (χ3v) is 4.64. The Bertz CT molecular complexity index is 863. The minimum Gasteiger partial charge on any atom is -0.481 e. The fourth-order valence-electron chi connectivity index (χ4n) is 3.53. The Kier molecular flexibility index (Phi) is 5.27. The van der Waals surface area contributed by atoms with Crippen LogP contribution in [0.1, 0.15) is 41.5 Å². The minimum absolute atomic E-state index is 0.0614. The number of carboxylic acids is 1. The fourth-order valence-corrected chi connectivity index (χ4v) is 3.53. The summed E-state index contributed by atoms with van der Waals surface area (Å²) < 4.78 is 20.0. The predicted octanol–water partition coefficient (Wildman–Crippen LogP) is 2.11. The number of nitrogens with zero attached hydrogens (tertiary/aromatic N) is 2. The van der Waals surface area contributed by atoms with E-state index in [0.29, 0.717) is 5.69 Å². The van der Waals surface area contributed by atoms with Gasteiger partial charge in [-0.2, -0.15) is 5.10 Å². The largest absolute Gasteiger partial charge is 0.481 e. The number of carboxylic acid groups (broad SMARTS) is 1. The van der Waals surface area contributed by atoms with Gasteiger partial charge >= 0.3 is 5.97 Å². The first kappa shape index (κ1) is 19.0. The zero-order chi connectivity index (χ0) is 19.6. The Morgan fingerprint density at radius 2 is 2.04 bits per heavy atom. The highest BCUT2D eigenvalue weighted by Gasteiger charge is 2.33. The number of benzene rings is 1. The molecule has 0 aliphatic heterocycles. The van der Waals surface area contributed by atoms with Crippen molar-refractivity contribution in [3.8, 4) is 5.69 Å². The topological polar surface area (TPSA) is 93.4 Å². The molecule has 1 aliphatic rings. The summed E-state index contributed by atoms with van der Waals surface area (Å²) in [5.74, 6) is -1.81. The van der Waals surface area contributed by atoms with Crippen LogP contribution in [0.4, 0.5) is 4.39 Å². The van der Waals surface area contributed by atoms with Crippen LogP contribution < -0.4 is 5.32 Å². The van der Waals surface area contributed by atoms with Gasteiger partial charge in [0.1, 0.15) is 5.82 Å². The minimum atomic E-state index is -1.05. The van der Waals surface area contributed by atoms with Gasteiger partial charge in [0, 0.05) is 18.4 Å². The number of aliphatic carboxylic acids is 1. The summed E-state index contributed by atoms with van der Waals surface area (Å²) in [5.41, 5.74) is 1.69. The van der Waals surface area contributed by atoms with Crippen molar-refractivity contribution >= 4 is 11.9 Å². The van der Waals surface area contributed by atoms with Gasteiger partial charge in [-0.25, -0.2) is 9.07 Å². The zero-order valence-corrected chi connectivity index (χ0v) is 15.3. The summed E-state index contributed by atoms with van der Waals surface area (Å²) in [6, 6.07) is 5.92. The summed E-state index contributed by atoms with van der Waals surface area (Å²) in [5, 5.41) is 16.3. The third-order valence-electron chi connectivity index (χ3n) is 4.64. The van der Waals surface area contributed by atoms with Gasteiger partial charge in [0.25, 0.3) is 5.91 Å². The van der Waals surface area contributed by atoms with Gasteiger partial charge in [0.15, 0.2) is 5.69 Å². The Labute approximate surface area is 156 Å². The van der Waals surface area contributed by atoms with E-state index in [1.165, 1.54) is 19.2 Å². The normalized spacial score (nSPS) is 15.2. The lowest BCUT2D eigenvalue weighted by atomic mass is 9.98. The second-order valence-corrected chi connectivity index (χ2v) is 7.03. The molecule has 2 N–H and O–H groups in total. The Morgan fingerprint density at radius 3 is 2.67 bits per heavy atom. The lowest BCUT2D eigenvalue weighted by molar-refractivity contribution is -0.139. The van der Waals surface area contributed by atoms with E-state index in [-0.39, 0.29) is 24.5 Å². The van der Waals surface area contributed by atoms with Crippen molar-refractivity contribution in [2.75, 3.05) is 13.7 Å². The molecule has 0 spiro atoms. The van der Waals surface area contributed by atoms with Crippen molar-refractivity contribution in [2.24, 2.45) is 0 Å². The van der Waals surface area contributed by atoms with E-state index in [4.69, 9.17) is 9.84 Å². The lowest BCUT2D eigenvalue weighted by Crippen LogP contribution is -2.51. The molecule has 7 nitrogen and oxygen atoms in total. The number of carbonyl (C=O) groups is 2. The molecule has 0 saturated heterocycles. The van der Waals surface area contributed by atoms with E-state index in [1.807, 2.05) is 0 Å². The Hall–Kier alpha value is -2.74. The van der Waals surface area contributed by atoms with E-state index in [0.717, 1.165) is 30.5 Å². The average molecular weight is 375 g/mol. The SMILES string of the molecule is COCC(C)(CC(=O)O)NC(=O)c1nn(-c2ccc(F)cc2)c2c1CCC2. The molecular formula is C19H22FN3O4. The fraction of sp³-hybridized carbons (Fsp3) is 0.421. The summed E-state index contributed by atoms with van der Waals surface area (Å²) >= 11 is 0. The standard InChI is InChI=1S/C19H22FN3O4/c1-19(11-27-2,10-16(24)25)21-18(26)17-14-4-3-5-15(14)23(22-17)13-8-6-12(20)7-9-13/h6-9H,3-5,10-11H2,1-2H3,(H,21,26)(H,24,25). The van der Waals surface area contributed by atoms with E-state index >= 15 is 0 Å². The number of amides is 1. The maximum atomic E-state index is 13.2. The first-order valence-corrected chi connectivity index (χ1v) is 8.73. The maximum Gasteiger partial charge on any atom is 0.305 e. The number of methoxy groups -OCH3 is 1. The number of carbonyl (C=O) groups excluding carboxylic acids is 1. The number of aromatic nitrogens is 2. The number of fused-ring (bicyclic) bond motifs is 1. The second-order valence-electron chi connectivity index (χ2n) is 7.03. The molecule has 1 heterocycles. The highest BCUT2D eigenvalue weighted by molar-refractivity contribution is 5.95. The highest BCUT2D eigenvalue weighted by Crippen LogP contribution is 2.28. The number of halogens is 1. The van der Waals surface area contributed by atoms with Crippen molar-refractivity contribution in [3.05, 3.63) is 47.0 Å². The van der Waals surface area contributed by atoms with Crippen LogP contribution in [0.5, 0.6) is 0 Å². The lowest BCUT2D eigenvalue weighted by Gasteiger charge is -2.28. The van der Waals surface area contributed by atoms with Gasteiger partial charge < -0.3 is 15.2 Å². The quantitative estimate of drug-likeness (QED) is 0.773. The maximum absolute atomic E-state index is 13.2. The van der Waals surface area contributed by atoms with Crippen LogP contribution in [0.25, 0.3) is 5.69 Å². The van der Waals surface area contributed by atoms with Crippen molar-refractivity contribution in [2.45, 2.75) is 38.1 Å². The van der Waals surface area contributed by atoms with Gasteiger partial charge in [-0.3, -0.25) is 9.59 Å². The van der Waals surface area contributed by atoms with Crippen molar-refractivity contribution < 1.29 is 23.8 Å². The summed E-state index contributed by atoms with van der Waals surface area (Å²) in [6.45, 7) is 1.69. The molecule has 1 aromatic heterocycles. The molecule has 1 aliphatic carbocycles. The predicted molar refractivity (Wildman–Crippen MR) is 95.5 cm³/mol. The molecule has 27 heavy (non-hydrogen) atoms. The van der Waals surface area contributed by atoms with Gasteiger partial charge in [0.05, 0.1) is 24.3 Å². The van der Waals surface area contributed by atoms with Crippen LogP contribution >= 0.6 is 0 Å². The van der Waals surface area contributed by atoms with Crippen LogP contribution in [0.2, 0.25) is 0 Å². The van der Waals surface area contributed by atoms with E-state index < -0.39 is 17.4 Å². The average Bonchev–Trinajstić information content (AvgIpc) is 3.17. The molecule has 1 aromatic carbocycles. The summed E-state index contributed by atoms with van der Waals surface area (Å²) in [7, 11) is 1.45. The molecule has 0 radical (unpaired) electrons. The van der Waals surface area contributed by atoms with E-state index in [9.17, 15) is 14.0 Å². The van der Waals surface area contributed by atoms with Crippen LogP contribution in [-0.4, -0.2) is 46.0 Å². The Balaban J connectivity index is 1.92. The van der Waals surface area contributed by atoms with Crippen molar-refractivity contribution in [1.29, 1.82) is 0 Å². The van der Waals surface area contributed by atoms with E-state index in [1.54, 1.807) is 23.7 Å². The number of hydrogen-bond donors (Lipinski definition) is 2. The number of rotatable bonds is 7. The van der Waals surface area contributed by atoms with Gasteiger partial charge in [-0.05, 0) is 50.5 Å². The van der Waals surface area contributed by atoms with Crippen LogP contribution in [-0.2, 0) is 22.4 Å². The summed E-state index contributed by atoms with van der Waals surface area (Å²) in [6.07, 6.45) is 2.13. The molecule has 0 saturated carbocycles. The smallest absolute Gasteiger partial charge is 0.305 e. The number of nitrogens with one attached hydrogen (secondary N) is 1. The van der Waals surface area contributed by atoms with Gasteiger partial charge in [0.2, 0.25) is 0 Å². The summed E-state index contributed by atoms with van der Waals surface area (Å²) in [4.78, 5) is 24.0. The molecule has 1 unspecified atom stereocenters. The van der Waals surface area contributed by atoms with Crippen LogP contribution in [0.3, 0.4) is 0 Å². The van der Waals surface area contributed by atoms with Crippen molar-refractivity contribution in [1.82, 2.24) is 15.1 Å². The molecule has 0 bridgehead atoms. The molecule has 2 aromatic rings. The van der Waals surface area contributed by atoms with Crippen molar-refractivity contribution in [3.63, 3.8) is 0 Å². The highest BCUT2D eigenvalue weighted by atomic mass is 19.1. The molecule has 3 rings (SSSR count). The molecule has 0 fully saturated rings. The third kappa shape index (κ3) is 4.00. The molecular weight excluding hydrogens is 353 g/mol. The first-order valence-electron chi connectivity index (χ1n) is 8.73. The molecule has 8 heteroatoms. The molecule has 144 valence electrons. The molecule has 1 amide bonds. The number of hydrogen-bond acceptors (Lipinski definition) is 4. The van der Waals surface area contributed by atoms with Gasteiger partial charge in [-0.1, -0.05) is 0 Å². The first-order chi connectivity index (χ1) is 12.8. The van der Waals surface area contributed by atoms with Gasteiger partial charge in [-0.15, -0.1) is 0 Å². The number of ether oxygens (including phenoxy) is 1. The van der Waals surface area contributed by atoms with Crippen LogP contribution in [0, 0.1) is 5.82 Å².